The molecule has 1 aromatic heterocycles. The van der Waals surface area contributed by atoms with E-state index in [0.717, 1.165) is 21.9 Å². The smallest absolute Gasteiger partial charge is 0.138 e. The molecule has 224 valence electrons. The van der Waals surface area contributed by atoms with Crippen LogP contribution in [0.4, 0.5) is 4.39 Å². The number of benzene rings is 9. The van der Waals surface area contributed by atoms with Gasteiger partial charge in [-0.25, -0.2) is 4.39 Å². The molecule has 1 heterocycles. The second-order valence-corrected chi connectivity index (χ2v) is 13.5. The van der Waals surface area contributed by atoms with Gasteiger partial charge >= 0.3 is 0 Å². The average molecular weight is 631 g/mol. The Morgan fingerprint density at radius 1 is 0.312 bits per heavy atom. The van der Waals surface area contributed by atoms with Crippen LogP contribution in [0, 0.1) is 5.82 Å². The fourth-order valence-electron chi connectivity index (χ4n) is 7.98. The first-order chi connectivity index (χ1) is 23.8. The Bertz CT molecular complexity index is 2780. The summed E-state index contributed by atoms with van der Waals surface area (Å²) in [4.78, 5) is 0. The van der Waals surface area contributed by atoms with Crippen molar-refractivity contribution in [1.82, 2.24) is 0 Å². The van der Waals surface area contributed by atoms with Crippen LogP contribution in [0.5, 0.6) is 0 Å². The van der Waals surface area contributed by atoms with E-state index in [4.69, 9.17) is 0 Å². The summed E-state index contributed by atoms with van der Waals surface area (Å²) in [5.41, 5.74) is 7.15. The van der Waals surface area contributed by atoms with Crippen molar-refractivity contribution >= 4 is 74.6 Å². The third kappa shape index (κ3) is 3.87. The zero-order valence-electron chi connectivity index (χ0n) is 25.9. The highest BCUT2D eigenvalue weighted by Gasteiger charge is 2.23. The predicted molar refractivity (Wildman–Crippen MR) is 206 cm³/mol. The molecule has 0 radical (unpaired) electrons. The van der Waals surface area contributed by atoms with Gasteiger partial charge in [-0.3, -0.25) is 0 Å². The summed E-state index contributed by atoms with van der Waals surface area (Å²) in [6, 6.07) is 57.6. The van der Waals surface area contributed by atoms with E-state index in [1.54, 1.807) is 0 Å². The molecular weight excluding hydrogens is 604 g/mol. The molecule has 0 N–H and O–H groups in total. The molecule has 9 aromatic carbocycles. The fraction of sp³-hybridized carbons (Fsp3) is 0. The maximum atomic E-state index is 16.0. The summed E-state index contributed by atoms with van der Waals surface area (Å²) in [6.07, 6.45) is 0. The summed E-state index contributed by atoms with van der Waals surface area (Å²) in [5.74, 6) is -0.163. The number of fused-ring (bicyclic) bond motifs is 7. The predicted octanol–water partition coefficient (Wildman–Crippen LogP) is 13.8. The lowest BCUT2D eigenvalue weighted by Crippen LogP contribution is -1.92. The van der Waals surface area contributed by atoms with Crippen molar-refractivity contribution in [3.63, 3.8) is 0 Å². The highest BCUT2D eigenvalue weighted by Crippen LogP contribution is 2.51. The molecule has 0 aliphatic heterocycles. The van der Waals surface area contributed by atoms with Gasteiger partial charge in [0.05, 0.1) is 0 Å². The number of rotatable bonds is 3. The minimum Gasteiger partial charge on any atom is -0.206 e. The van der Waals surface area contributed by atoms with Crippen molar-refractivity contribution in [2.24, 2.45) is 0 Å². The van der Waals surface area contributed by atoms with E-state index in [0.29, 0.717) is 10.8 Å². The van der Waals surface area contributed by atoms with E-state index in [1.807, 2.05) is 47.7 Å². The van der Waals surface area contributed by atoms with Crippen LogP contribution in [-0.2, 0) is 0 Å². The van der Waals surface area contributed by atoms with Gasteiger partial charge in [-0.1, -0.05) is 152 Å². The maximum absolute atomic E-state index is 16.0. The second kappa shape index (κ2) is 10.6. The Hall–Kier alpha value is -5.83. The molecular formula is C46H27FS. The van der Waals surface area contributed by atoms with Crippen LogP contribution in [0.15, 0.2) is 164 Å². The van der Waals surface area contributed by atoms with Gasteiger partial charge in [-0.05, 0) is 77.8 Å². The molecule has 10 rings (SSSR count). The van der Waals surface area contributed by atoms with Crippen LogP contribution < -0.4 is 0 Å². The van der Waals surface area contributed by atoms with Crippen molar-refractivity contribution in [3.05, 3.63) is 170 Å². The zero-order valence-corrected chi connectivity index (χ0v) is 26.7. The zero-order chi connectivity index (χ0) is 31.8. The lowest BCUT2D eigenvalue weighted by Gasteiger charge is -2.19. The molecule has 0 amide bonds. The van der Waals surface area contributed by atoms with Crippen LogP contribution in [-0.4, -0.2) is 0 Å². The minimum absolute atomic E-state index is 0.163. The average Bonchev–Trinajstić information content (AvgIpc) is 3.54. The van der Waals surface area contributed by atoms with Crippen LogP contribution in [0.2, 0.25) is 0 Å². The van der Waals surface area contributed by atoms with Crippen molar-refractivity contribution in [2.75, 3.05) is 0 Å². The van der Waals surface area contributed by atoms with Gasteiger partial charge in [0.25, 0.3) is 0 Å². The molecule has 48 heavy (non-hydrogen) atoms. The fourth-order valence-corrected chi connectivity index (χ4v) is 9.14. The molecule has 0 nitrogen and oxygen atoms in total. The first kappa shape index (κ1) is 27.3. The van der Waals surface area contributed by atoms with E-state index in [1.165, 1.54) is 64.0 Å². The van der Waals surface area contributed by atoms with E-state index < -0.39 is 0 Å². The SMILES string of the molecule is Fc1c2ccccc2c(-c2cccc3sc4cccc(-c5c6ccccc6c(-c6ccccc6)c6ccccc56)c4c23)c2ccccc12. The number of halogens is 1. The molecule has 0 fully saturated rings. The van der Waals surface area contributed by atoms with Crippen LogP contribution in [0.1, 0.15) is 0 Å². The molecule has 0 saturated carbocycles. The molecule has 2 heteroatoms. The number of thiophene rings is 1. The summed E-state index contributed by atoms with van der Waals surface area (Å²) < 4.78 is 18.5. The molecule has 0 bridgehead atoms. The molecule has 0 aliphatic rings. The van der Waals surface area contributed by atoms with E-state index in [2.05, 4.69) is 127 Å². The number of hydrogen-bond donors (Lipinski definition) is 0. The summed E-state index contributed by atoms with van der Waals surface area (Å²) in [5, 5.41) is 10.6. The maximum Gasteiger partial charge on any atom is 0.138 e. The minimum atomic E-state index is -0.163. The molecule has 10 aromatic rings. The van der Waals surface area contributed by atoms with Crippen LogP contribution in [0.3, 0.4) is 0 Å². The third-order valence-electron chi connectivity index (χ3n) is 9.92. The lowest BCUT2D eigenvalue weighted by atomic mass is 9.84. The van der Waals surface area contributed by atoms with Gasteiger partial charge in [0.15, 0.2) is 0 Å². The Kier molecular flexibility index (Phi) is 6.03. The Balaban J connectivity index is 1.39. The van der Waals surface area contributed by atoms with Crippen molar-refractivity contribution in [1.29, 1.82) is 0 Å². The van der Waals surface area contributed by atoms with Crippen molar-refractivity contribution < 1.29 is 4.39 Å². The molecule has 0 unspecified atom stereocenters. The highest BCUT2D eigenvalue weighted by molar-refractivity contribution is 7.26. The van der Waals surface area contributed by atoms with Gasteiger partial charge in [-0.15, -0.1) is 11.3 Å². The monoisotopic (exact) mass is 630 g/mol. The summed E-state index contributed by atoms with van der Waals surface area (Å²) in [7, 11) is 0. The topological polar surface area (TPSA) is 0 Å². The van der Waals surface area contributed by atoms with E-state index >= 15 is 4.39 Å². The van der Waals surface area contributed by atoms with Gasteiger partial charge in [-0.2, -0.15) is 0 Å². The largest absolute Gasteiger partial charge is 0.206 e. The van der Waals surface area contributed by atoms with Gasteiger partial charge in [0.1, 0.15) is 5.82 Å². The van der Waals surface area contributed by atoms with Crippen LogP contribution in [0.25, 0.3) is 96.6 Å². The molecule has 0 saturated heterocycles. The third-order valence-corrected chi connectivity index (χ3v) is 11.0. The molecule has 0 spiro atoms. The lowest BCUT2D eigenvalue weighted by molar-refractivity contribution is 0.651. The van der Waals surface area contributed by atoms with E-state index in [9.17, 15) is 0 Å². The second-order valence-electron chi connectivity index (χ2n) is 12.4. The Labute approximate surface area is 280 Å². The number of hydrogen-bond acceptors (Lipinski definition) is 1. The van der Waals surface area contributed by atoms with Crippen LogP contribution >= 0.6 is 11.3 Å². The quantitative estimate of drug-likeness (QED) is 0.170. The van der Waals surface area contributed by atoms with Crippen molar-refractivity contribution in [3.8, 4) is 33.4 Å². The normalized spacial score (nSPS) is 11.9. The first-order valence-electron chi connectivity index (χ1n) is 16.3. The van der Waals surface area contributed by atoms with Gasteiger partial charge in [0, 0.05) is 30.9 Å². The standard InChI is InChI=1S/C46H27FS/c47-46-35-22-10-8-20-33(35)43(34-21-9-11-23-36(34)46)38-25-13-27-40-45(38)44-37(24-12-26-39(44)48-40)42-31-18-6-4-16-29(31)41(28-14-2-1-3-15-28)30-17-5-7-19-32(30)42/h1-27H. The van der Waals surface area contributed by atoms with Gasteiger partial charge in [0.2, 0.25) is 0 Å². The first-order valence-corrected chi connectivity index (χ1v) is 17.1. The molecule has 0 atom stereocenters. The molecule has 0 aliphatic carbocycles. The van der Waals surface area contributed by atoms with Crippen molar-refractivity contribution in [2.45, 2.75) is 0 Å². The van der Waals surface area contributed by atoms with Gasteiger partial charge < -0.3 is 0 Å². The summed E-state index contributed by atoms with van der Waals surface area (Å²) in [6.45, 7) is 0. The Morgan fingerprint density at radius 3 is 1.10 bits per heavy atom. The summed E-state index contributed by atoms with van der Waals surface area (Å²) >= 11 is 1.83. The Morgan fingerprint density at radius 2 is 0.667 bits per heavy atom. The highest BCUT2D eigenvalue weighted by atomic mass is 32.1. The van der Waals surface area contributed by atoms with E-state index in [-0.39, 0.29) is 5.82 Å².